The molecular weight excluding hydrogens is 265 g/mol. The quantitative estimate of drug-likeness (QED) is 0.846. The minimum absolute atomic E-state index is 0.180. The minimum atomic E-state index is -0.180. The number of rotatable bonds is 5. The smallest absolute Gasteiger partial charge is 0.123 e. The molecule has 0 fully saturated rings. The molecule has 0 aliphatic carbocycles. The highest BCUT2D eigenvalue weighted by atomic mass is 19.1. The summed E-state index contributed by atoms with van der Waals surface area (Å²) in [5.41, 5.74) is 2.28. The second kappa shape index (κ2) is 6.72. The lowest BCUT2D eigenvalue weighted by molar-refractivity contribution is 0.163. The van der Waals surface area contributed by atoms with E-state index in [4.69, 9.17) is 4.74 Å². The first kappa shape index (κ1) is 14.1. The first-order valence-electron chi connectivity index (χ1n) is 7.51. The van der Waals surface area contributed by atoms with E-state index in [0.717, 1.165) is 43.7 Å². The van der Waals surface area contributed by atoms with Crippen molar-refractivity contribution < 1.29 is 9.13 Å². The Morgan fingerprint density at radius 3 is 2.86 bits per heavy atom. The normalized spacial score (nSPS) is 17.1. The average molecular weight is 285 g/mol. The van der Waals surface area contributed by atoms with Gasteiger partial charge in [0.1, 0.15) is 17.7 Å². The van der Waals surface area contributed by atoms with Crippen molar-refractivity contribution in [1.29, 1.82) is 0 Å². The van der Waals surface area contributed by atoms with Gasteiger partial charge in [-0.3, -0.25) is 0 Å². The van der Waals surface area contributed by atoms with Gasteiger partial charge in [0.05, 0.1) is 0 Å². The fourth-order valence-corrected chi connectivity index (χ4v) is 2.71. The van der Waals surface area contributed by atoms with Crippen LogP contribution in [-0.2, 0) is 13.0 Å². The summed E-state index contributed by atoms with van der Waals surface area (Å²) in [6.07, 6.45) is 3.06. The summed E-state index contributed by atoms with van der Waals surface area (Å²) in [5, 5.41) is 3.44. The Kier molecular flexibility index (Phi) is 4.51. The summed E-state index contributed by atoms with van der Waals surface area (Å²) in [4.78, 5) is 0. The largest absolute Gasteiger partial charge is 0.490 e. The zero-order valence-electron chi connectivity index (χ0n) is 12.0. The molecule has 0 spiro atoms. The third-order valence-electron chi connectivity index (χ3n) is 3.87. The van der Waals surface area contributed by atoms with Gasteiger partial charge in [0.15, 0.2) is 0 Å². The van der Waals surface area contributed by atoms with E-state index in [9.17, 15) is 4.39 Å². The Balaban J connectivity index is 1.44. The number of nitrogens with one attached hydrogen (secondary N) is 1. The molecule has 1 aliphatic rings. The molecule has 2 aromatic rings. The van der Waals surface area contributed by atoms with Gasteiger partial charge >= 0.3 is 0 Å². The maximum atomic E-state index is 13.1. The standard InChI is InChI=1S/C18H20FNO/c19-16-7-9-18-15(12-16)6-8-17(21-18)10-11-20-13-14-4-2-1-3-5-14/h1-5,7,9,12,17,20H,6,8,10-11,13H2. The molecule has 110 valence electrons. The summed E-state index contributed by atoms with van der Waals surface area (Å²) in [7, 11) is 0. The predicted octanol–water partition coefficient (Wildman–Crippen LogP) is 3.70. The van der Waals surface area contributed by atoms with E-state index in [-0.39, 0.29) is 11.9 Å². The van der Waals surface area contributed by atoms with Crippen molar-refractivity contribution in [2.75, 3.05) is 6.54 Å². The van der Waals surface area contributed by atoms with Gasteiger partial charge < -0.3 is 10.1 Å². The Morgan fingerprint density at radius 2 is 2.00 bits per heavy atom. The first-order chi connectivity index (χ1) is 10.3. The van der Waals surface area contributed by atoms with E-state index in [0.29, 0.717) is 0 Å². The number of fused-ring (bicyclic) bond motifs is 1. The van der Waals surface area contributed by atoms with Crippen LogP contribution in [0.4, 0.5) is 4.39 Å². The van der Waals surface area contributed by atoms with E-state index >= 15 is 0 Å². The fraction of sp³-hybridized carbons (Fsp3) is 0.333. The Labute approximate surface area is 125 Å². The molecule has 2 aromatic carbocycles. The van der Waals surface area contributed by atoms with Crippen LogP contribution in [0.1, 0.15) is 24.0 Å². The van der Waals surface area contributed by atoms with Crippen molar-refractivity contribution >= 4 is 0 Å². The van der Waals surface area contributed by atoms with Crippen molar-refractivity contribution in [1.82, 2.24) is 5.32 Å². The van der Waals surface area contributed by atoms with Gasteiger partial charge in [0, 0.05) is 6.54 Å². The maximum Gasteiger partial charge on any atom is 0.123 e. The van der Waals surface area contributed by atoms with Gasteiger partial charge in [0.25, 0.3) is 0 Å². The molecule has 1 unspecified atom stereocenters. The van der Waals surface area contributed by atoms with Crippen LogP contribution >= 0.6 is 0 Å². The van der Waals surface area contributed by atoms with Gasteiger partial charge in [0.2, 0.25) is 0 Å². The van der Waals surface area contributed by atoms with Gasteiger partial charge in [-0.2, -0.15) is 0 Å². The van der Waals surface area contributed by atoms with Crippen LogP contribution in [0.2, 0.25) is 0 Å². The van der Waals surface area contributed by atoms with E-state index in [1.165, 1.54) is 11.6 Å². The topological polar surface area (TPSA) is 21.3 Å². The fourth-order valence-electron chi connectivity index (χ4n) is 2.71. The number of aryl methyl sites for hydroxylation is 1. The van der Waals surface area contributed by atoms with E-state index in [1.54, 1.807) is 12.1 Å². The van der Waals surface area contributed by atoms with Gasteiger partial charge in [-0.25, -0.2) is 4.39 Å². The summed E-state index contributed by atoms with van der Waals surface area (Å²) < 4.78 is 19.1. The van der Waals surface area contributed by atoms with Crippen LogP contribution in [0.3, 0.4) is 0 Å². The highest BCUT2D eigenvalue weighted by molar-refractivity contribution is 5.35. The highest BCUT2D eigenvalue weighted by Crippen LogP contribution is 2.28. The monoisotopic (exact) mass is 285 g/mol. The van der Waals surface area contributed by atoms with Crippen molar-refractivity contribution in [3.63, 3.8) is 0 Å². The molecule has 0 radical (unpaired) electrons. The van der Waals surface area contributed by atoms with Crippen molar-refractivity contribution in [3.05, 3.63) is 65.5 Å². The van der Waals surface area contributed by atoms with E-state index in [2.05, 4.69) is 29.6 Å². The lowest BCUT2D eigenvalue weighted by Gasteiger charge is -2.26. The van der Waals surface area contributed by atoms with Crippen LogP contribution in [0.5, 0.6) is 5.75 Å². The molecule has 3 heteroatoms. The molecule has 1 aliphatic heterocycles. The number of hydrogen-bond donors (Lipinski definition) is 1. The van der Waals surface area contributed by atoms with Crippen LogP contribution in [0.25, 0.3) is 0 Å². The van der Waals surface area contributed by atoms with E-state index in [1.807, 2.05) is 6.07 Å². The first-order valence-corrected chi connectivity index (χ1v) is 7.51. The van der Waals surface area contributed by atoms with Crippen molar-refractivity contribution in [2.24, 2.45) is 0 Å². The molecule has 1 atom stereocenters. The van der Waals surface area contributed by atoms with E-state index < -0.39 is 0 Å². The zero-order chi connectivity index (χ0) is 14.5. The number of ether oxygens (including phenoxy) is 1. The molecule has 21 heavy (non-hydrogen) atoms. The Bertz CT molecular complexity index is 585. The number of halogens is 1. The second-order valence-electron chi connectivity index (χ2n) is 5.48. The molecule has 1 N–H and O–H groups in total. The van der Waals surface area contributed by atoms with Crippen molar-refractivity contribution in [2.45, 2.75) is 31.9 Å². The second-order valence-corrected chi connectivity index (χ2v) is 5.48. The third kappa shape index (κ3) is 3.82. The molecule has 1 heterocycles. The van der Waals surface area contributed by atoms with Crippen LogP contribution in [0.15, 0.2) is 48.5 Å². The Hall–Kier alpha value is -1.87. The Morgan fingerprint density at radius 1 is 1.14 bits per heavy atom. The SMILES string of the molecule is Fc1ccc2c(c1)CCC(CCNCc1ccccc1)O2. The number of benzene rings is 2. The average Bonchev–Trinajstić information content (AvgIpc) is 2.52. The lowest BCUT2D eigenvalue weighted by Crippen LogP contribution is -2.27. The van der Waals surface area contributed by atoms with Gasteiger partial charge in [-0.1, -0.05) is 30.3 Å². The van der Waals surface area contributed by atoms with Crippen molar-refractivity contribution in [3.8, 4) is 5.75 Å². The van der Waals surface area contributed by atoms with Crippen LogP contribution in [-0.4, -0.2) is 12.6 Å². The molecular formula is C18H20FNO. The van der Waals surface area contributed by atoms with Crippen LogP contribution in [0, 0.1) is 5.82 Å². The molecule has 0 amide bonds. The molecule has 0 aromatic heterocycles. The van der Waals surface area contributed by atoms with Crippen LogP contribution < -0.4 is 10.1 Å². The maximum absolute atomic E-state index is 13.1. The zero-order valence-corrected chi connectivity index (χ0v) is 12.0. The van der Waals surface area contributed by atoms with Gasteiger partial charge in [-0.05, 0) is 55.1 Å². The minimum Gasteiger partial charge on any atom is -0.490 e. The summed E-state index contributed by atoms with van der Waals surface area (Å²) >= 11 is 0. The molecule has 0 bridgehead atoms. The molecule has 3 rings (SSSR count). The molecule has 0 saturated carbocycles. The molecule has 2 nitrogen and oxygen atoms in total. The lowest BCUT2D eigenvalue weighted by atomic mass is 10.0. The van der Waals surface area contributed by atoms with Gasteiger partial charge in [-0.15, -0.1) is 0 Å². The number of hydrogen-bond acceptors (Lipinski definition) is 2. The summed E-state index contributed by atoms with van der Waals surface area (Å²) in [5.74, 6) is 0.663. The summed E-state index contributed by atoms with van der Waals surface area (Å²) in [6, 6.07) is 15.2. The molecule has 0 saturated heterocycles. The predicted molar refractivity (Wildman–Crippen MR) is 81.9 cm³/mol. The highest BCUT2D eigenvalue weighted by Gasteiger charge is 2.19. The summed E-state index contributed by atoms with van der Waals surface area (Å²) in [6.45, 7) is 1.81. The third-order valence-corrected chi connectivity index (χ3v) is 3.87.